The van der Waals surface area contributed by atoms with Gasteiger partial charge in [-0.05, 0) is 54.3 Å². The van der Waals surface area contributed by atoms with E-state index in [-0.39, 0.29) is 12.0 Å². The van der Waals surface area contributed by atoms with Crippen LogP contribution in [0.4, 0.5) is 5.69 Å². The lowest BCUT2D eigenvalue weighted by molar-refractivity contribution is -0.117. The summed E-state index contributed by atoms with van der Waals surface area (Å²) in [5.41, 5.74) is 8.39. The third-order valence-corrected chi connectivity index (χ3v) is 5.31. The van der Waals surface area contributed by atoms with Gasteiger partial charge in [0.15, 0.2) is 0 Å². The average molecular weight is 429 g/mol. The Labute approximate surface area is 184 Å². The number of hydrogen-bond acceptors (Lipinski definition) is 4. The molecule has 2 aromatic carbocycles. The molecule has 0 saturated heterocycles. The number of fused-ring (bicyclic) bond motifs is 1. The molecule has 2 amide bonds. The number of aromatic nitrogens is 1. The zero-order valence-electron chi connectivity index (χ0n) is 17.6. The molecule has 2 aromatic heterocycles. The van der Waals surface area contributed by atoms with E-state index in [1.54, 1.807) is 37.3 Å². The van der Waals surface area contributed by atoms with Crippen LogP contribution in [0.2, 0.25) is 0 Å². The number of para-hydroxylation sites is 1. The monoisotopic (exact) mass is 429 g/mol. The minimum Gasteiger partial charge on any atom is -0.427 e. The fraction of sp³-hybridized carbons (Fsp3) is 0.160. The molecule has 4 N–H and O–H groups in total. The van der Waals surface area contributed by atoms with Crippen molar-refractivity contribution in [3.63, 3.8) is 0 Å². The first-order chi connectivity index (χ1) is 15.4. The Morgan fingerprint density at radius 3 is 2.66 bits per heavy atom. The number of benzene rings is 2. The lowest BCUT2D eigenvalue weighted by Crippen LogP contribution is -2.23. The van der Waals surface area contributed by atoms with Crippen LogP contribution < -0.4 is 16.7 Å². The van der Waals surface area contributed by atoms with E-state index >= 15 is 0 Å². The van der Waals surface area contributed by atoms with Gasteiger partial charge in [0.25, 0.3) is 5.91 Å². The number of rotatable bonds is 7. The van der Waals surface area contributed by atoms with Gasteiger partial charge in [0.2, 0.25) is 5.91 Å². The summed E-state index contributed by atoms with van der Waals surface area (Å²) in [5.74, 6) is -0.498. The molecule has 32 heavy (non-hydrogen) atoms. The first-order valence-electron chi connectivity index (χ1n) is 10.3. The van der Waals surface area contributed by atoms with E-state index in [0.717, 1.165) is 16.5 Å². The fourth-order valence-electron chi connectivity index (χ4n) is 3.82. The Kier molecular flexibility index (Phi) is 5.89. The smallest absolute Gasteiger partial charge is 0.349 e. The van der Waals surface area contributed by atoms with Gasteiger partial charge in [-0.15, -0.1) is 0 Å². The van der Waals surface area contributed by atoms with E-state index in [0.29, 0.717) is 35.4 Å². The molecule has 0 aliphatic rings. The minimum absolute atomic E-state index is 0.0406. The Balaban J connectivity index is 1.49. The van der Waals surface area contributed by atoms with E-state index in [1.807, 2.05) is 24.4 Å². The summed E-state index contributed by atoms with van der Waals surface area (Å²) in [4.78, 5) is 39.7. The zero-order valence-corrected chi connectivity index (χ0v) is 17.6. The summed E-state index contributed by atoms with van der Waals surface area (Å²) < 4.78 is 5.45. The van der Waals surface area contributed by atoms with Gasteiger partial charge < -0.3 is 20.5 Å². The third kappa shape index (κ3) is 4.62. The van der Waals surface area contributed by atoms with Crippen LogP contribution in [0.15, 0.2) is 70.0 Å². The molecule has 0 aliphatic carbocycles. The molecule has 0 bridgehead atoms. The predicted octanol–water partition coefficient (Wildman–Crippen LogP) is 3.49. The maximum atomic E-state index is 12.7. The summed E-state index contributed by atoms with van der Waals surface area (Å²) in [5, 5.41) is 3.83. The van der Waals surface area contributed by atoms with Crippen molar-refractivity contribution in [2.75, 3.05) is 5.32 Å². The SMILES string of the molecule is Cc1cc(CCc2c[nH]c3ccccc23)oc(=O)c1C(=O)Nc1cccc(CC(N)=O)c1. The second kappa shape index (κ2) is 8.93. The molecule has 7 heteroatoms. The van der Waals surface area contributed by atoms with Crippen LogP contribution in [0.25, 0.3) is 10.9 Å². The summed E-state index contributed by atoms with van der Waals surface area (Å²) in [6, 6.07) is 16.5. The lowest BCUT2D eigenvalue weighted by Gasteiger charge is -2.09. The van der Waals surface area contributed by atoms with Gasteiger partial charge in [0.1, 0.15) is 11.3 Å². The van der Waals surface area contributed by atoms with Crippen molar-refractivity contribution < 1.29 is 14.0 Å². The highest BCUT2D eigenvalue weighted by molar-refractivity contribution is 6.05. The molecule has 2 heterocycles. The molecule has 162 valence electrons. The standard InChI is InChI=1S/C25H23N3O4/c1-15-11-19(10-9-17-14-27-21-8-3-2-7-20(17)21)32-25(31)23(15)24(30)28-18-6-4-5-16(12-18)13-22(26)29/h2-8,11-12,14,27H,9-10,13H2,1H3,(H2,26,29)(H,28,30). The minimum atomic E-state index is -0.676. The molecule has 4 rings (SSSR count). The van der Waals surface area contributed by atoms with Crippen molar-refractivity contribution in [1.29, 1.82) is 0 Å². The Bertz CT molecular complexity index is 1370. The average Bonchev–Trinajstić information content (AvgIpc) is 3.15. The van der Waals surface area contributed by atoms with Gasteiger partial charge in [-0.3, -0.25) is 9.59 Å². The Hall–Kier alpha value is -4.13. The molecule has 0 spiro atoms. The number of hydrogen-bond donors (Lipinski definition) is 3. The second-order valence-corrected chi connectivity index (χ2v) is 7.72. The number of aromatic amines is 1. The number of aryl methyl sites for hydroxylation is 3. The van der Waals surface area contributed by atoms with Gasteiger partial charge in [-0.25, -0.2) is 4.79 Å². The van der Waals surface area contributed by atoms with Crippen LogP contribution in [0, 0.1) is 6.92 Å². The van der Waals surface area contributed by atoms with Gasteiger partial charge >= 0.3 is 5.63 Å². The number of amides is 2. The second-order valence-electron chi connectivity index (χ2n) is 7.72. The van der Waals surface area contributed by atoms with Crippen LogP contribution in [0.1, 0.15) is 32.8 Å². The number of nitrogens with two attached hydrogens (primary N) is 1. The zero-order chi connectivity index (χ0) is 22.7. The third-order valence-electron chi connectivity index (χ3n) is 5.31. The van der Waals surface area contributed by atoms with Crippen LogP contribution >= 0.6 is 0 Å². The number of carbonyl (C=O) groups is 2. The van der Waals surface area contributed by atoms with E-state index in [2.05, 4.69) is 16.4 Å². The first-order valence-corrected chi connectivity index (χ1v) is 10.3. The topological polar surface area (TPSA) is 118 Å². The van der Waals surface area contributed by atoms with Crippen molar-refractivity contribution in [3.8, 4) is 0 Å². The van der Waals surface area contributed by atoms with Crippen molar-refractivity contribution in [2.45, 2.75) is 26.2 Å². The first kappa shape index (κ1) is 21.1. The normalized spacial score (nSPS) is 10.9. The molecule has 0 unspecified atom stereocenters. The molecule has 4 aromatic rings. The number of carbonyl (C=O) groups excluding carboxylic acids is 2. The molecule has 0 aliphatic heterocycles. The number of nitrogens with one attached hydrogen (secondary N) is 2. The van der Waals surface area contributed by atoms with Crippen LogP contribution in [-0.2, 0) is 24.1 Å². The Morgan fingerprint density at radius 1 is 1.06 bits per heavy atom. The van der Waals surface area contributed by atoms with Crippen LogP contribution in [-0.4, -0.2) is 16.8 Å². The quantitative estimate of drug-likeness (QED) is 0.417. The number of primary amides is 1. The molecular formula is C25H23N3O4. The van der Waals surface area contributed by atoms with Crippen LogP contribution in [0.3, 0.4) is 0 Å². The van der Waals surface area contributed by atoms with Gasteiger partial charge in [0.05, 0.1) is 6.42 Å². The molecule has 0 atom stereocenters. The molecule has 0 saturated carbocycles. The summed E-state index contributed by atoms with van der Waals surface area (Å²) in [6.45, 7) is 1.71. The van der Waals surface area contributed by atoms with E-state index in [4.69, 9.17) is 10.2 Å². The fourth-order valence-corrected chi connectivity index (χ4v) is 3.82. The van der Waals surface area contributed by atoms with Gasteiger partial charge in [-0.1, -0.05) is 30.3 Å². The van der Waals surface area contributed by atoms with Crippen molar-refractivity contribution >= 4 is 28.4 Å². The van der Waals surface area contributed by atoms with E-state index in [9.17, 15) is 14.4 Å². The maximum absolute atomic E-state index is 12.7. The molecule has 0 radical (unpaired) electrons. The Morgan fingerprint density at radius 2 is 1.88 bits per heavy atom. The van der Waals surface area contributed by atoms with E-state index < -0.39 is 17.4 Å². The highest BCUT2D eigenvalue weighted by Gasteiger charge is 2.17. The number of anilines is 1. The van der Waals surface area contributed by atoms with Gasteiger partial charge in [-0.2, -0.15) is 0 Å². The summed E-state index contributed by atoms with van der Waals surface area (Å²) in [7, 11) is 0. The molecule has 0 fully saturated rings. The number of H-pyrrole nitrogens is 1. The van der Waals surface area contributed by atoms with Crippen molar-refractivity contribution in [1.82, 2.24) is 4.98 Å². The van der Waals surface area contributed by atoms with E-state index in [1.165, 1.54) is 0 Å². The molecule has 7 nitrogen and oxygen atoms in total. The highest BCUT2D eigenvalue weighted by atomic mass is 16.4. The summed E-state index contributed by atoms with van der Waals surface area (Å²) in [6.07, 6.45) is 3.26. The van der Waals surface area contributed by atoms with Crippen LogP contribution in [0.5, 0.6) is 0 Å². The van der Waals surface area contributed by atoms with Crippen molar-refractivity contribution in [3.05, 3.63) is 99.2 Å². The largest absolute Gasteiger partial charge is 0.427 e. The highest BCUT2D eigenvalue weighted by Crippen LogP contribution is 2.20. The summed E-state index contributed by atoms with van der Waals surface area (Å²) >= 11 is 0. The van der Waals surface area contributed by atoms with Gasteiger partial charge in [0, 0.05) is 29.2 Å². The van der Waals surface area contributed by atoms with Crippen molar-refractivity contribution in [2.24, 2.45) is 5.73 Å². The maximum Gasteiger partial charge on any atom is 0.349 e. The molecular weight excluding hydrogens is 406 g/mol. The predicted molar refractivity (Wildman–Crippen MR) is 123 cm³/mol. The lowest BCUT2D eigenvalue weighted by atomic mass is 10.1.